The molecule has 9 nitrogen and oxygen atoms in total. The second-order valence-corrected chi connectivity index (χ2v) is 13.8. The van der Waals surface area contributed by atoms with Crippen molar-refractivity contribution >= 4 is 39.1 Å². The van der Waals surface area contributed by atoms with E-state index < -0.39 is 28.5 Å². The van der Waals surface area contributed by atoms with E-state index in [0.717, 1.165) is 15.4 Å². The molecule has 0 heterocycles. The molecule has 0 aliphatic rings. The van der Waals surface area contributed by atoms with Crippen LogP contribution in [0, 0.1) is 6.92 Å². The molecule has 48 heavy (non-hydrogen) atoms. The first-order valence-electron chi connectivity index (χ1n) is 15.7. The lowest BCUT2D eigenvalue weighted by Gasteiger charge is -2.34. The fourth-order valence-electron chi connectivity index (χ4n) is 5.17. The van der Waals surface area contributed by atoms with Gasteiger partial charge in [-0.25, -0.2) is 8.42 Å². The van der Waals surface area contributed by atoms with Crippen molar-refractivity contribution in [3.63, 3.8) is 0 Å². The van der Waals surface area contributed by atoms with Crippen LogP contribution in [0.2, 0.25) is 5.02 Å². The first kappa shape index (κ1) is 36.3. The second kappa shape index (κ2) is 16.5. The lowest BCUT2D eigenvalue weighted by Crippen LogP contribution is -2.54. The molecule has 0 aliphatic heterocycles. The zero-order valence-electron chi connectivity index (χ0n) is 27.9. The third-order valence-electron chi connectivity index (χ3n) is 8.06. The molecule has 4 aromatic rings. The van der Waals surface area contributed by atoms with E-state index >= 15 is 0 Å². The molecule has 11 heteroatoms. The van der Waals surface area contributed by atoms with Crippen molar-refractivity contribution in [2.24, 2.45) is 0 Å². The third-order valence-corrected chi connectivity index (χ3v) is 10.1. The highest BCUT2D eigenvalue weighted by Crippen LogP contribution is 2.35. The standard InChI is InChI=1S/C37H42ClN3O6S/c1-6-27(3)39-37(43)34(22-28-11-8-7-9-12-28)40(24-29-13-10-14-31(21-29)46-4)36(42)25-41(33-23-30(38)17-20-35(33)47-5)48(44,45)32-18-15-26(2)16-19-32/h7-21,23,27,34H,6,22,24-25H2,1-5H3,(H,39,43)/t27-,34-/m1/s1. The van der Waals surface area contributed by atoms with Gasteiger partial charge in [-0.2, -0.15) is 0 Å². The summed E-state index contributed by atoms with van der Waals surface area (Å²) in [6.07, 6.45) is 0.884. The zero-order valence-corrected chi connectivity index (χ0v) is 29.4. The molecule has 0 aromatic heterocycles. The van der Waals surface area contributed by atoms with Gasteiger partial charge in [0.15, 0.2) is 0 Å². The van der Waals surface area contributed by atoms with Crippen LogP contribution in [-0.4, -0.2) is 58.0 Å². The van der Waals surface area contributed by atoms with Gasteiger partial charge in [0.2, 0.25) is 11.8 Å². The van der Waals surface area contributed by atoms with Crippen molar-refractivity contribution in [2.75, 3.05) is 25.1 Å². The quantitative estimate of drug-likeness (QED) is 0.154. The van der Waals surface area contributed by atoms with E-state index in [1.807, 2.05) is 57.2 Å². The van der Waals surface area contributed by atoms with Crippen LogP contribution < -0.4 is 19.1 Å². The number of amides is 2. The Kier molecular flexibility index (Phi) is 12.5. The maximum absolute atomic E-state index is 14.7. The summed E-state index contributed by atoms with van der Waals surface area (Å²) >= 11 is 6.38. The fourth-order valence-corrected chi connectivity index (χ4v) is 6.75. The van der Waals surface area contributed by atoms with Crippen molar-refractivity contribution < 1.29 is 27.5 Å². The summed E-state index contributed by atoms with van der Waals surface area (Å²) in [5.41, 5.74) is 2.50. The number of rotatable bonds is 15. The molecule has 0 radical (unpaired) electrons. The van der Waals surface area contributed by atoms with Gasteiger partial charge in [-0.1, -0.05) is 78.7 Å². The molecule has 0 unspecified atom stereocenters. The molecule has 4 rings (SSSR count). The number of benzene rings is 4. The Morgan fingerprint density at radius 1 is 0.875 bits per heavy atom. The maximum atomic E-state index is 14.7. The van der Waals surface area contributed by atoms with Crippen LogP contribution in [0.4, 0.5) is 5.69 Å². The minimum absolute atomic E-state index is 0.00651. The van der Waals surface area contributed by atoms with E-state index in [-0.39, 0.29) is 46.3 Å². The predicted octanol–water partition coefficient (Wildman–Crippen LogP) is 6.42. The molecule has 4 aromatic carbocycles. The van der Waals surface area contributed by atoms with Crippen molar-refractivity contribution in [2.45, 2.75) is 57.1 Å². The van der Waals surface area contributed by atoms with Crippen LogP contribution in [-0.2, 0) is 32.6 Å². The van der Waals surface area contributed by atoms with Gasteiger partial charge in [0, 0.05) is 24.0 Å². The Morgan fingerprint density at radius 2 is 1.56 bits per heavy atom. The predicted molar refractivity (Wildman–Crippen MR) is 189 cm³/mol. The molecule has 0 fully saturated rings. The number of hydrogen-bond donors (Lipinski definition) is 1. The third kappa shape index (κ3) is 9.08. The zero-order chi connectivity index (χ0) is 34.8. The number of ether oxygens (including phenoxy) is 2. The first-order valence-corrected chi connectivity index (χ1v) is 17.5. The van der Waals surface area contributed by atoms with Crippen molar-refractivity contribution in [1.29, 1.82) is 0 Å². The Bertz CT molecular complexity index is 1800. The lowest BCUT2D eigenvalue weighted by atomic mass is 10.0. The van der Waals surface area contributed by atoms with Gasteiger partial charge >= 0.3 is 0 Å². The van der Waals surface area contributed by atoms with Gasteiger partial charge < -0.3 is 19.7 Å². The number of aryl methyl sites for hydroxylation is 1. The average Bonchev–Trinajstić information content (AvgIpc) is 3.09. The Hall–Kier alpha value is -4.54. The maximum Gasteiger partial charge on any atom is 0.264 e. The topological polar surface area (TPSA) is 105 Å². The normalized spacial score (nSPS) is 12.5. The summed E-state index contributed by atoms with van der Waals surface area (Å²) < 4.78 is 40.7. The van der Waals surface area contributed by atoms with E-state index in [0.29, 0.717) is 17.7 Å². The fraction of sp³-hybridized carbons (Fsp3) is 0.297. The van der Waals surface area contributed by atoms with E-state index in [1.54, 1.807) is 49.6 Å². The summed E-state index contributed by atoms with van der Waals surface area (Å²) in [6, 6.07) is 26.4. The van der Waals surface area contributed by atoms with Crippen molar-refractivity contribution in [3.05, 3.63) is 119 Å². The summed E-state index contributed by atoms with van der Waals surface area (Å²) in [4.78, 5) is 30.2. The Labute approximate surface area is 288 Å². The van der Waals surface area contributed by atoms with Gasteiger partial charge in [0.1, 0.15) is 24.1 Å². The molecule has 0 aliphatic carbocycles. The van der Waals surface area contributed by atoms with Crippen LogP contribution >= 0.6 is 11.6 Å². The SMILES string of the molecule is CC[C@@H](C)NC(=O)[C@@H](Cc1ccccc1)N(Cc1cccc(OC)c1)C(=O)CN(c1cc(Cl)ccc1OC)S(=O)(=O)c1ccc(C)cc1. The van der Waals surface area contributed by atoms with Gasteiger partial charge in [0.05, 0.1) is 24.8 Å². The number of nitrogens with zero attached hydrogens (tertiary/aromatic N) is 2. The molecule has 2 atom stereocenters. The molecule has 0 bridgehead atoms. The molecule has 1 N–H and O–H groups in total. The van der Waals surface area contributed by atoms with Gasteiger partial charge in [-0.3, -0.25) is 13.9 Å². The molecule has 0 saturated heterocycles. The van der Waals surface area contributed by atoms with Crippen LogP contribution in [0.25, 0.3) is 0 Å². The van der Waals surface area contributed by atoms with Crippen LogP contribution in [0.3, 0.4) is 0 Å². The summed E-state index contributed by atoms with van der Waals surface area (Å²) in [5, 5.41) is 3.29. The monoisotopic (exact) mass is 691 g/mol. The Morgan fingerprint density at radius 3 is 2.21 bits per heavy atom. The molecule has 0 saturated carbocycles. The van der Waals surface area contributed by atoms with Gasteiger partial charge in [-0.05, 0) is 73.9 Å². The molecular formula is C37H42ClN3O6S. The van der Waals surface area contributed by atoms with E-state index in [9.17, 15) is 18.0 Å². The number of nitrogens with one attached hydrogen (secondary N) is 1. The summed E-state index contributed by atoms with van der Waals surface area (Å²) in [7, 11) is -1.37. The number of carbonyl (C=O) groups excluding carboxylic acids is 2. The smallest absolute Gasteiger partial charge is 0.264 e. The van der Waals surface area contributed by atoms with E-state index in [1.165, 1.54) is 30.2 Å². The number of halogens is 1. The first-order chi connectivity index (χ1) is 23.0. The number of hydrogen-bond acceptors (Lipinski definition) is 6. The molecule has 2 amide bonds. The Balaban J connectivity index is 1.87. The van der Waals surface area contributed by atoms with Gasteiger partial charge in [0.25, 0.3) is 10.0 Å². The minimum Gasteiger partial charge on any atom is -0.497 e. The number of sulfonamides is 1. The lowest BCUT2D eigenvalue weighted by molar-refractivity contribution is -0.140. The van der Waals surface area contributed by atoms with E-state index in [2.05, 4.69) is 5.32 Å². The molecule has 0 spiro atoms. The van der Waals surface area contributed by atoms with Crippen LogP contribution in [0.5, 0.6) is 11.5 Å². The van der Waals surface area contributed by atoms with Crippen molar-refractivity contribution in [1.82, 2.24) is 10.2 Å². The van der Waals surface area contributed by atoms with E-state index in [4.69, 9.17) is 21.1 Å². The summed E-state index contributed by atoms with van der Waals surface area (Å²) in [6.45, 7) is 5.08. The highest BCUT2D eigenvalue weighted by Gasteiger charge is 2.36. The number of carbonyl (C=O) groups is 2. The average molecular weight is 692 g/mol. The summed E-state index contributed by atoms with van der Waals surface area (Å²) in [5.74, 6) is -0.165. The van der Waals surface area contributed by atoms with Gasteiger partial charge in [-0.15, -0.1) is 0 Å². The minimum atomic E-state index is -4.33. The highest BCUT2D eigenvalue weighted by atomic mass is 35.5. The molecular weight excluding hydrogens is 650 g/mol. The highest BCUT2D eigenvalue weighted by molar-refractivity contribution is 7.92. The van der Waals surface area contributed by atoms with Crippen LogP contribution in [0.15, 0.2) is 102 Å². The largest absolute Gasteiger partial charge is 0.497 e. The number of methoxy groups -OCH3 is 2. The van der Waals surface area contributed by atoms with Crippen molar-refractivity contribution in [3.8, 4) is 11.5 Å². The number of anilines is 1. The molecule has 254 valence electrons. The second-order valence-electron chi connectivity index (χ2n) is 11.5. The van der Waals surface area contributed by atoms with Crippen LogP contribution in [0.1, 0.15) is 37.0 Å².